The van der Waals surface area contributed by atoms with Crippen LogP contribution in [-0.2, 0) is 17.4 Å². The van der Waals surface area contributed by atoms with E-state index in [4.69, 9.17) is 0 Å². The lowest BCUT2D eigenvalue weighted by molar-refractivity contribution is -0.137. The Hall–Kier alpha value is -2.35. The molecule has 2 aromatic rings. The minimum Gasteiger partial charge on any atom is -0.355 e. The summed E-state index contributed by atoms with van der Waals surface area (Å²) in [5, 5.41) is 7.31. The molecule has 0 aliphatic heterocycles. The minimum absolute atomic E-state index is 0.128. The van der Waals surface area contributed by atoms with Gasteiger partial charge < -0.3 is 5.32 Å². The second-order valence-electron chi connectivity index (χ2n) is 8.06. The quantitative estimate of drug-likeness (QED) is 0.688. The third kappa shape index (κ3) is 5.84. The summed E-state index contributed by atoms with van der Waals surface area (Å²) >= 11 is 0. The second-order valence-corrected chi connectivity index (χ2v) is 8.06. The summed E-state index contributed by atoms with van der Waals surface area (Å²) in [6, 6.07) is 5.80. The molecule has 1 aromatic carbocycles. The van der Waals surface area contributed by atoms with Crippen molar-refractivity contribution >= 4 is 5.91 Å². The number of amides is 1. The largest absolute Gasteiger partial charge is 0.416 e. The average Bonchev–Trinajstić information content (AvgIpc) is 2.92. The first-order valence-electron chi connectivity index (χ1n) is 10.2. The summed E-state index contributed by atoms with van der Waals surface area (Å²) in [4.78, 5) is 14.7. The molecular formula is C22H31F3N4O. The smallest absolute Gasteiger partial charge is 0.355 e. The Morgan fingerprint density at radius 2 is 1.80 bits per heavy atom. The van der Waals surface area contributed by atoms with Crippen LogP contribution in [0.25, 0.3) is 5.69 Å². The van der Waals surface area contributed by atoms with Crippen molar-refractivity contribution in [1.29, 1.82) is 0 Å². The maximum Gasteiger partial charge on any atom is 0.416 e. The molecule has 0 atom stereocenters. The van der Waals surface area contributed by atoms with Crippen molar-refractivity contribution in [2.45, 2.75) is 66.2 Å². The third-order valence-electron chi connectivity index (χ3n) is 5.22. The van der Waals surface area contributed by atoms with Gasteiger partial charge in [0.1, 0.15) is 0 Å². The van der Waals surface area contributed by atoms with Gasteiger partial charge in [-0.1, -0.05) is 6.07 Å². The van der Waals surface area contributed by atoms with Gasteiger partial charge in [-0.3, -0.25) is 9.69 Å². The Morgan fingerprint density at radius 1 is 1.17 bits per heavy atom. The van der Waals surface area contributed by atoms with Crippen LogP contribution in [0.4, 0.5) is 13.2 Å². The Bertz CT molecular complexity index is 864. The van der Waals surface area contributed by atoms with Crippen LogP contribution in [0.5, 0.6) is 0 Å². The molecule has 0 bridgehead atoms. The van der Waals surface area contributed by atoms with E-state index in [2.05, 4.69) is 43.0 Å². The van der Waals surface area contributed by atoms with Gasteiger partial charge in [0.2, 0.25) is 5.91 Å². The molecule has 0 aliphatic rings. The van der Waals surface area contributed by atoms with E-state index < -0.39 is 11.7 Å². The van der Waals surface area contributed by atoms with Crippen LogP contribution in [0.3, 0.4) is 0 Å². The minimum atomic E-state index is -4.42. The molecule has 1 aromatic heterocycles. The SMILES string of the molecule is Cc1nn(-c2cccc(C(F)(F)F)c2)c(C)c1CC(=O)NCCN(C(C)C)C(C)C. The first kappa shape index (κ1) is 23.9. The Labute approximate surface area is 176 Å². The number of nitrogens with zero attached hydrogens (tertiary/aromatic N) is 3. The number of carbonyl (C=O) groups is 1. The van der Waals surface area contributed by atoms with Crippen LogP contribution in [-0.4, -0.2) is 45.8 Å². The summed E-state index contributed by atoms with van der Waals surface area (Å²) < 4.78 is 40.6. The summed E-state index contributed by atoms with van der Waals surface area (Å²) in [6.07, 6.45) is -4.28. The number of alkyl halides is 3. The van der Waals surface area contributed by atoms with Crippen molar-refractivity contribution in [2.24, 2.45) is 0 Å². The average molecular weight is 425 g/mol. The first-order chi connectivity index (χ1) is 13.9. The summed E-state index contributed by atoms with van der Waals surface area (Å²) in [5.74, 6) is -0.128. The molecular weight excluding hydrogens is 393 g/mol. The maximum absolute atomic E-state index is 13.0. The normalized spacial score (nSPS) is 12.3. The highest BCUT2D eigenvalue weighted by Crippen LogP contribution is 2.30. The number of aromatic nitrogens is 2. The number of benzene rings is 1. The van der Waals surface area contributed by atoms with E-state index in [1.807, 2.05) is 0 Å². The Balaban J connectivity index is 2.10. The van der Waals surface area contributed by atoms with Gasteiger partial charge in [-0.15, -0.1) is 0 Å². The lowest BCUT2D eigenvalue weighted by Gasteiger charge is -2.30. The van der Waals surface area contributed by atoms with Crippen molar-refractivity contribution in [3.63, 3.8) is 0 Å². The number of aryl methyl sites for hydroxylation is 1. The van der Waals surface area contributed by atoms with Gasteiger partial charge in [-0.05, 0) is 59.7 Å². The highest BCUT2D eigenvalue weighted by Gasteiger charge is 2.30. The van der Waals surface area contributed by atoms with Crippen LogP contribution < -0.4 is 5.32 Å². The van der Waals surface area contributed by atoms with Crippen molar-refractivity contribution in [1.82, 2.24) is 20.0 Å². The number of hydrogen-bond acceptors (Lipinski definition) is 3. The summed E-state index contributed by atoms with van der Waals surface area (Å²) in [7, 11) is 0. The molecule has 0 fully saturated rings. The van der Waals surface area contributed by atoms with E-state index in [0.29, 0.717) is 35.7 Å². The molecule has 0 saturated carbocycles. The van der Waals surface area contributed by atoms with E-state index in [-0.39, 0.29) is 12.3 Å². The number of carbonyl (C=O) groups excluding carboxylic acids is 1. The molecule has 0 aliphatic carbocycles. The molecule has 0 spiro atoms. The molecule has 166 valence electrons. The van der Waals surface area contributed by atoms with E-state index in [1.54, 1.807) is 19.9 Å². The lowest BCUT2D eigenvalue weighted by Crippen LogP contribution is -2.42. The highest BCUT2D eigenvalue weighted by molar-refractivity contribution is 5.79. The molecule has 30 heavy (non-hydrogen) atoms. The van der Waals surface area contributed by atoms with Gasteiger partial charge in [0.25, 0.3) is 0 Å². The Morgan fingerprint density at radius 3 is 2.37 bits per heavy atom. The number of rotatable bonds is 8. The van der Waals surface area contributed by atoms with Crippen LogP contribution in [0.15, 0.2) is 24.3 Å². The molecule has 1 heterocycles. The monoisotopic (exact) mass is 424 g/mol. The third-order valence-corrected chi connectivity index (χ3v) is 5.22. The van der Waals surface area contributed by atoms with Crippen molar-refractivity contribution < 1.29 is 18.0 Å². The maximum atomic E-state index is 13.0. The molecule has 1 N–H and O–H groups in total. The highest BCUT2D eigenvalue weighted by atomic mass is 19.4. The molecule has 1 amide bonds. The van der Waals surface area contributed by atoms with Crippen molar-refractivity contribution in [2.75, 3.05) is 13.1 Å². The molecule has 2 rings (SSSR count). The van der Waals surface area contributed by atoms with Gasteiger partial charge in [-0.25, -0.2) is 4.68 Å². The van der Waals surface area contributed by atoms with Crippen LogP contribution in [0.2, 0.25) is 0 Å². The van der Waals surface area contributed by atoms with Gasteiger partial charge >= 0.3 is 6.18 Å². The zero-order valence-electron chi connectivity index (χ0n) is 18.5. The van der Waals surface area contributed by atoms with Crippen molar-refractivity contribution in [3.05, 3.63) is 46.8 Å². The van der Waals surface area contributed by atoms with E-state index in [0.717, 1.165) is 24.2 Å². The standard InChI is InChI=1S/C22H31F3N4O/c1-14(2)28(15(3)4)11-10-26-21(30)13-20-16(5)27-29(17(20)6)19-9-7-8-18(12-19)22(23,24)25/h7-9,12,14-15H,10-11,13H2,1-6H3,(H,26,30). The van der Waals surface area contributed by atoms with E-state index >= 15 is 0 Å². The van der Waals surface area contributed by atoms with Crippen LogP contribution >= 0.6 is 0 Å². The van der Waals surface area contributed by atoms with Crippen molar-refractivity contribution in [3.8, 4) is 5.69 Å². The number of nitrogens with one attached hydrogen (secondary N) is 1. The lowest BCUT2D eigenvalue weighted by atomic mass is 10.1. The summed E-state index contributed by atoms with van der Waals surface area (Å²) in [6.45, 7) is 13.3. The summed E-state index contributed by atoms with van der Waals surface area (Å²) in [5.41, 5.74) is 1.61. The number of hydrogen-bond donors (Lipinski definition) is 1. The van der Waals surface area contributed by atoms with Gasteiger partial charge in [0.15, 0.2) is 0 Å². The van der Waals surface area contributed by atoms with Crippen LogP contribution in [0, 0.1) is 13.8 Å². The predicted molar refractivity (Wildman–Crippen MR) is 112 cm³/mol. The van der Waals surface area contributed by atoms with Gasteiger partial charge in [-0.2, -0.15) is 18.3 Å². The molecule has 0 unspecified atom stereocenters. The molecule has 0 radical (unpaired) electrons. The van der Waals surface area contributed by atoms with E-state index in [1.165, 1.54) is 10.7 Å². The molecule has 8 heteroatoms. The van der Waals surface area contributed by atoms with E-state index in [9.17, 15) is 18.0 Å². The fraction of sp³-hybridized carbons (Fsp3) is 0.545. The number of halogens is 3. The topological polar surface area (TPSA) is 50.2 Å². The fourth-order valence-corrected chi connectivity index (χ4v) is 3.66. The van der Waals surface area contributed by atoms with Gasteiger partial charge in [0, 0.05) is 36.4 Å². The van der Waals surface area contributed by atoms with Crippen LogP contribution in [0.1, 0.15) is 50.2 Å². The molecule has 0 saturated heterocycles. The zero-order chi connectivity index (χ0) is 22.6. The zero-order valence-corrected chi connectivity index (χ0v) is 18.5. The fourth-order valence-electron chi connectivity index (χ4n) is 3.66. The van der Waals surface area contributed by atoms with Gasteiger partial charge in [0.05, 0.1) is 23.4 Å². The first-order valence-corrected chi connectivity index (χ1v) is 10.2. The Kier molecular flexibility index (Phi) is 7.69. The predicted octanol–water partition coefficient (Wildman–Crippen LogP) is 4.29. The second kappa shape index (κ2) is 9.64. The molecule has 5 nitrogen and oxygen atoms in total.